The van der Waals surface area contributed by atoms with Crippen molar-refractivity contribution < 1.29 is 12.4 Å². The predicted octanol–water partition coefficient (Wildman–Crippen LogP) is 1.18. The van der Waals surface area contributed by atoms with Crippen LogP contribution in [0.1, 0.15) is 36.0 Å². The van der Waals surface area contributed by atoms with Crippen LogP contribution in [-0.4, -0.2) is 49.3 Å². The van der Waals surface area contributed by atoms with Gasteiger partial charge in [-0.25, -0.2) is 0 Å². The Morgan fingerprint density at radius 1 is 1.40 bits per heavy atom. The summed E-state index contributed by atoms with van der Waals surface area (Å²) in [7, 11) is 0. The molecule has 0 amide bonds. The van der Waals surface area contributed by atoms with E-state index in [2.05, 4.69) is 0 Å². The molecule has 0 spiro atoms. The molecule has 0 bridgehead atoms. The van der Waals surface area contributed by atoms with Crippen LogP contribution >= 0.6 is 0 Å². The molecular formula is C7H14CaO2. The standard InChI is InChI=1S/C7H12O2.Ca.2H/c1-3-4-7(9)5-6(2)8;;;/h3-5H2,1-2H3;;;/q;+2;2*-1. The Hall–Kier alpha value is 0.600. The molecule has 0 N–H and O–H groups in total. The van der Waals surface area contributed by atoms with Crippen molar-refractivity contribution in [2.24, 2.45) is 0 Å². The second-order valence-corrected chi connectivity index (χ2v) is 2.17. The van der Waals surface area contributed by atoms with Gasteiger partial charge in [0.05, 0.1) is 6.42 Å². The molecule has 0 saturated carbocycles. The minimum Gasteiger partial charge on any atom is -1.00 e. The Morgan fingerprint density at radius 3 is 2.20 bits per heavy atom. The van der Waals surface area contributed by atoms with Gasteiger partial charge >= 0.3 is 37.7 Å². The summed E-state index contributed by atoms with van der Waals surface area (Å²) < 4.78 is 0. The fraction of sp³-hybridized carbons (Fsp3) is 0.714. The average Bonchev–Trinajstić information content (AvgIpc) is 1.63. The number of hydrogen-bond donors (Lipinski definition) is 0. The van der Waals surface area contributed by atoms with E-state index in [1.165, 1.54) is 6.92 Å². The molecule has 0 radical (unpaired) electrons. The van der Waals surface area contributed by atoms with Crippen molar-refractivity contribution in [2.45, 2.75) is 33.1 Å². The summed E-state index contributed by atoms with van der Waals surface area (Å²) in [6, 6.07) is 0. The molecule has 56 valence electrons. The number of ketones is 2. The Labute approximate surface area is 94.3 Å². The van der Waals surface area contributed by atoms with Gasteiger partial charge in [0.2, 0.25) is 0 Å². The van der Waals surface area contributed by atoms with Crippen LogP contribution < -0.4 is 0 Å². The van der Waals surface area contributed by atoms with Gasteiger partial charge < -0.3 is 2.85 Å². The van der Waals surface area contributed by atoms with E-state index >= 15 is 0 Å². The van der Waals surface area contributed by atoms with Crippen molar-refractivity contribution in [1.82, 2.24) is 0 Å². The van der Waals surface area contributed by atoms with Crippen molar-refractivity contribution in [3.8, 4) is 0 Å². The fourth-order valence-electron chi connectivity index (χ4n) is 0.645. The molecule has 0 heterocycles. The third-order valence-electron chi connectivity index (χ3n) is 0.975. The van der Waals surface area contributed by atoms with E-state index in [1.807, 2.05) is 6.92 Å². The van der Waals surface area contributed by atoms with E-state index in [9.17, 15) is 9.59 Å². The summed E-state index contributed by atoms with van der Waals surface area (Å²) in [6.45, 7) is 3.37. The number of hydrogen-bond acceptors (Lipinski definition) is 2. The average molecular weight is 170 g/mol. The molecule has 0 aliphatic carbocycles. The van der Waals surface area contributed by atoms with Gasteiger partial charge in [-0.15, -0.1) is 0 Å². The van der Waals surface area contributed by atoms with E-state index in [1.54, 1.807) is 0 Å². The van der Waals surface area contributed by atoms with E-state index in [0.717, 1.165) is 6.42 Å². The fourth-order valence-corrected chi connectivity index (χ4v) is 0.645. The van der Waals surface area contributed by atoms with Gasteiger partial charge in [-0.3, -0.25) is 9.59 Å². The Morgan fingerprint density at radius 2 is 1.90 bits per heavy atom. The molecule has 0 rings (SSSR count). The first-order valence-corrected chi connectivity index (χ1v) is 3.18. The van der Waals surface area contributed by atoms with Crippen LogP contribution in [0.3, 0.4) is 0 Å². The Kier molecular flexibility index (Phi) is 10.2. The van der Waals surface area contributed by atoms with Crippen LogP contribution in [0, 0.1) is 0 Å². The van der Waals surface area contributed by atoms with E-state index in [0.29, 0.717) is 6.42 Å². The molecule has 2 nitrogen and oxygen atoms in total. The van der Waals surface area contributed by atoms with E-state index < -0.39 is 0 Å². The molecule has 10 heavy (non-hydrogen) atoms. The Balaban J connectivity index is -0.000000107. The summed E-state index contributed by atoms with van der Waals surface area (Å²) in [5.74, 6) is 0.0263. The van der Waals surface area contributed by atoms with Gasteiger partial charge in [0.1, 0.15) is 11.6 Å². The van der Waals surface area contributed by atoms with Gasteiger partial charge in [-0.2, -0.15) is 0 Å². The van der Waals surface area contributed by atoms with Crippen LogP contribution in [0.4, 0.5) is 0 Å². The van der Waals surface area contributed by atoms with Crippen LogP contribution in [0.25, 0.3) is 0 Å². The van der Waals surface area contributed by atoms with E-state index in [4.69, 9.17) is 0 Å². The molecule has 0 atom stereocenters. The van der Waals surface area contributed by atoms with Crippen molar-refractivity contribution in [2.75, 3.05) is 0 Å². The second kappa shape index (κ2) is 7.70. The molecule has 0 aromatic carbocycles. The van der Waals surface area contributed by atoms with Crippen molar-refractivity contribution in [3.63, 3.8) is 0 Å². The Bertz CT molecular complexity index is 129. The molecule has 0 aromatic rings. The number of carbonyl (C=O) groups excluding carboxylic acids is 2. The largest absolute Gasteiger partial charge is 2.00 e. The summed E-state index contributed by atoms with van der Waals surface area (Å²) >= 11 is 0. The zero-order valence-corrected chi connectivity index (χ0v) is 8.85. The summed E-state index contributed by atoms with van der Waals surface area (Å²) in [6.07, 6.45) is 1.50. The van der Waals surface area contributed by atoms with E-state index in [-0.39, 0.29) is 58.6 Å². The summed E-state index contributed by atoms with van der Waals surface area (Å²) in [4.78, 5) is 20.9. The third-order valence-corrected chi connectivity index (χ3v) is 0.975. The first-order chi connectivity index (χ1) is 4.16. The van der Waals surface area contributed by atoms with Crippen LogP contribution in [0.15, 0.2) is 0 Å². The van der Waals surface area contributed by atoms with Gasteiger partial charge in [-0.05, 0) is 13.3 Å². The quantitative estimate of drug-likeness (QED) is 0.469. The number of rotatable bonds is 4. The minimum atomic E-state index is -0.0338. The number of carbonyl (C=O) groups is 2. The van der Waals surface area contributed by atoms with Crippen LogP contribution in [0.5, 0.6) is 0 Å². The van der Waals surface area contributed by atoms with Gasteiger partial charge in [0.25, 0.3) is 0 Å². The van der Waals surface area contributed by atoms with Crippen LogP contribution in [-0.2, 0) is 9.59 Å². The monoisotopic (exact) mass is 170 g/mol. The topological polar surface area (TPSA) is 34.1 Å². The molecule has 0 aromatic heterocycles. The first-order valence-electron chi connectivity index (χ1n) is 3.18. The summed E-state index contributed by atoms with van der Waals surface area (Å²) in [5.41, 5.74) is 0. The smallest absolute Gasteiger partial charge is 1.00 e. The molecule has 3 heteroatoms. The van der Waals surface area contributed by atoms with Crippen molar-refractivity contribution in [3.05, 3.63) is 0 Å². The number of Topliss-reactive ketones (excluding diaryl/α,β-unsaturated/α-hetero) is 2. The zero-order valence-electron chi connectivity index (χ0n) is 8.64. The first kappa shape index (κ1) is 13.2. The van der Waals surface area contributed by atoms with Gasteiger partial charge in [0, 0.05) is 6.42 Å². The maximum absolute atomic E-state index is 10.6. The summed E-state index contributed by atoms with van der Waals surface area (Å²) in [5, 5.41) is 0. The van der Waals surface area contributed by atoms with Gasteiger partial charge in [-0.1, -0.05) is 6.92 Å². The second-order valence-electron chi connectivity index (χ2n) is 2.17. The molecule has 0 fully saturated rings. The third kappa shape index (κ3) is 8.60. The molecule has 0 saturated heterocycles. The minimum absolute atomic E-state index is 0. The maximum Gasteiger partial charge on any atom is 2.00 e. The maximum atomic E-state index is 10.6. The van der Waals surface area contributed by atoms with Gasteiger partial charge in [0.15, 0.2) is 0 Å². The molecular weight excluding hydrogens is 156 g/mol. The predicted molar refractivity (Wildman–Crippen MR) is 43.2 cm³/mol. The molecule has 0 aliphatic rings. The normalized spacial score (nSPS) is 8.20. The molecule has 0 aliphatic heterocycles. The van der Waals surface area contributed by atoms with Crippen molar-refractivity contribution >= 4 is 49.3 Å². The SMILES string of the molecule is CCCC(=O)CC(C)=O.[Ca+2].[H-].[H-]. The molecule has 0 unspecified atom stereocenters. The van der Waals surface area contributed by atoms with Crippen molar-refractivity contribution in [1.29, 1.82) is 0 Å². The van der Waals surface area contributed by atoms with Crippen LogP contribution in [0.2, 0.25) is 0 Å². The zero-order chi connectivity index (χ0) is 7.28.